The first-order valence-electron chi connectivity index (χ1n) is 21.9. The van der Waals surface area contributed by atoms with Gasteiger partial charge in [0.1, 0.15) is 11.2 Å². The fourth-order valence-corrected chi connectivity index (χ4v) is 6.58. The van der Waals surface area contributed by atoms with E-state index in [2.05, 4.69) is 0 Å². The first-order valence-corrected chi connectivity index (χ1v) is 15.9. The molecule has 0 unspecified atom stereocenters. The zero-order chi connectivity index (χ0) is 43.5. The monoisotopic (exact) mass is 651 g/mol. The Kier molecular flexibility index (Phi) is 4.27. The standard InChI is InChI=1S/C46H29N3O/c1-3-13-30(14-4-1)31-25-27-32(28-26-31)39-29-40(48-46(47-39)38-21-11-19-35-34-17-8-10-24-43(34)50-45(35)38)36-20-12-23-42-44(36)37-18-7-9-22-41(37)49(42)33-15-5-2-6-16-33/h1-29H/i2D,5D,6D,7D,9D,12D,15D,16D,18D,20D,22D,23D. The highest BCUT2D eigenvalue weighted by Gasteiger charge is 2.20. The van der Waals surface area contributed by atoms with Crippen LogP contribution in [0.15, 0.2) is 180 Å². The van der Waals surface area contributed by atoms with E-state index >= 15 is 0 Å². The molecule has 0 amide bonds. The van der Waals surface area contributed by atoms with E-state index in [1.54, 1.807) is 12.1 Å². The van der Waals surface area contributed by atoms with Crippen molar-refractivity contribution in [2.45, 2.75) is 0 Å². The van der Waals surface area contributed by atoms with Crippen molar-refractivity contribution in [1.29, 1.82) is 0 Å². The van der Waals surface area contributed by atoms with E-state index in [0.29, 0.717) is 28.0 Å². The molecule has 0 N–H and O–H groups in total. The molecule has 0 aliphatic carbocycles. The third kappa shape index (κ3) is 4.54. The van der Waals surface area contributed by atoms with Crippen LogP contribution in [-0.4, -0.2) is 14.5 Å². The fraction of sp³-hybridized carbons (Fsp3) is 0. The maximum Gasteiger partial charge on any atom is 0.164 e. The maximum atomic E-state index is 9.48. The minimum absolute atomic E-state index is 0.0567. The number of furan rings is 1. The van der Waals surface area contributed by atoms with Gasteiger partial charge in [0, 0.05) is 38.4 Å². The maximum absolute atomic E-state index is 9.48. The van der Waals surface area contributed by atoms with Gasteiger partial charge in [0.15, 0.2) is 5.82 Å². The lowest BCUT2D eigenvalue weighted by Gasteiger charge is -2.12. The molecule has 7 aromatic carbocycles. The van der Waals surface area contributed by atoms with Crippen molar-refractivity contribution in [2.75, 3.05) is 0 Å². The van der Waals surface area contributed by atoms with Crippen LogP contribution in [0.4, 0.5) is 0 Å². The summed E-state index contributed by atoms with van der Waals surface area (Å²) in [6.07, 6.45) is 0. The third-order valence-electron chi connectivity index (χ3n) is 8.85. The molecule has 3 heterocycles. The molecule has 234 valence electrons. The minimum Gasteiger partial charge on any atom is -0.455 e. The second-order valence-electron chi connectivity index (χ2n) is 11.7. The fourth-order valence-electron chi connectivity index (χ4n) is 6.58. The third-order valence-corrected chi connectivity index (χ3v) is 8.85. The van der Waals surface area contributed by atoms with Crippen LogP contribution < -0.4 is 0 Å². The number of fused-ring (bicyclic) bond motifs is 6. The summed E-state index contributed by atoms with van der Waals surface area (Å²) < 4.78 is 114. The molecule has 10 aromatic rings. The first kappa shape index (κ1) is 18.7. The normalized spacial score (nSPS) is 15.0. The molecule has 0 atom stereocenters. The van der Waals surface area contributed by atoms with E-state index < -0.39 is 78.2 Å². The number of aromatic nitrogens is 3. The average Bonchev–Trinajstić information content (AvgIpc) is 3.85. The Morgan fingerprint density at radius 3 is 2.08 bits per heavy atom. The van der Waals surface area contributed by atoms with Crippen LogP contribution in [0.2, 0.25) is 0 Å². The zero-order valence-corrected chi connectivity index (χ0v) is 26.1. The van der Waals surface area contributed by atoms with Crippen LogP contribution in [0.25, 0.3) is 94.5 Å². The number of benzene rings is 7. The topological polar surface area (TPSA) is 43.9 Å². The lowest BCUT2D eigenvalue weighted by molar-refractivity contribution is 0.669. The molecule has 0 radical (unpaired) electrons. The zero-order valence-electron chi connectivity index (χ0n) is 38.1. The number of para-hydroxylation sites is 4. The number of nitrogens with zero attached hydrogens (tertiary/aromatic N) is 3. The Labute approximate surface area is 305 Å². The molecule has 10 rings (SSSR count). The van der Waals surface area contributed by atoms with Gasteiger partial charge < -0.3 is 8.98 Å². The van der Waals surface area contributed by atoms with Crippen LogP contribution in [-0.2, 0) is 0 Å². The van der Waals surface area contributed by atoms with E-state index in [1.165, 1.54) is 0 Å². The highest BCUT2D eigenvalue weighted by molar-refractivity contribution is 6.16. The summed E-state index contributed by atoms with van der Waals surface area (Å²) in [6.45, 7) is 0. The molecule has 50 heavy (non-hydrogen) atoms. The lowest BCUT2D eigenvalue weighted by atomic mass is 10.00. The number of hydrogen-bond acceptors (Lipinski definition) is 3. The average molecular weight is 652 g/mol. The molecule has 0 fully saturated rings. The van der Waals surface area contributed by atoms with Crippen LogP contribution in [0.5, 0.6) is 0 Å². The Morgan fingerprint density at radius 1 is 0.500 bits per heavy atom. The summed E-state index contributed by atoms with van der Waals surface area (Å²) in [7, 11) is 0. The predicted octanol–water partition coefficient (Wildman–Crippen LogP) is 12.1. The summed E-state index contributed by atoms with van der Waals surface area (Å²) in [6, 6.07) is 24.5. The van der Waals surface area contributed by atoms with Gasteiger partial charge in [-0.15, -0.1) is 0 Å². The largest absolute Gasteiger partial charge is 0.455 e. The Hall–Kier alpha value is -6.78. The Morgan fingerprint density at radius 2 is 1.20 bits per heavy atom. The quantitative estimate of drug-likeness (QED) is 0.186. The molecule has 0 saturated heterocycles. The lowest BCUT2D eigenvalue weighted by Crippen LogP contribution is -1.97. The van der Waals surface area contributed by atoms with E-state index in [4.69, 9.17) is 26.7 Å². The van der Waals surface area contributed by atoms with Gasteiger partial charge in [-0.05, 0) is 53.5 Å². The smallest absolute Gasteiger partial charge is 0.164 e. The highest BCUT2D eigenvalue weighted by Crippen LogP contribution is 2.41. The second-order valence-corrected chi connectivity index (χ2v) is 11.7. The van der Waals surface area contributed by atoms with Crippen LogP contribution >= 0.6 is 0 Å². The van der Waals surface area contributed by atoms with Gasteiger partial charge in [-0.2, -0.15) is 0 Å². The van der Waals surface area contributed by atoms with E-state index in [0.717, 1.165) is 26.5 Å². The molecule has 4 heteroatoms. The summed E-state index contributed by atoms with van der Waals surface area (Å²) in [5, 5.41) is 1.38. The SMILES string of the molecule is [2H]c1c([2H])c([2H])c(-n2c3c([2H])c([2H])c([2H])c([2H])c3c3c(-c4cc(-c5ccc(-c6ccccc6)cc5)nc(-c5cccc6c5oc5ccccc56)n4)c([2H])c([2H])c([2H])c32)c([2H])c1[2H]. The molecule has 0 aliphatic rings. The van der Waals surface area contributed by atoms with Crippen molar-refractivity contribution in [1.82, 2.24) is 14.5 Å². The van der Waals surface area contributed by atoms with Crippen LogP contribution in [0, 0.1) is 0 Å². The van der Waals surface area contributed by atoms with Gasteiger partial charge in [-0.3, -0.25) is 0 Å². The number of hydrogen-bond donors (Lipinski definition) is 0. The van der Waals surface area contributed by atoms with Crippen molar-refractivity contribution in [3.63, 3.8) is 0 Å². The van der Waals surface area contributed by atoms with Gasteiger partial charge in [0.05, 0.1) is 44.4 Å². The molecule has 3 aromatic heterocycles. The molecule has 0 bridgehead atoms. The van der Waals surface area contributed by atoms with Crippen molar-refractivity contribution < 1.29 is 20.9 Å². The van der Waals surface area contributed by atoms with Crippen molar-refractivity contribution >= 4 is 43.7 Å². The van der Waals surface area contributed by atoms with Gasteiger partial charge in [-0.25, -0.2) is 9.97 Å². The van der Waals surface area contributed by atoms with Crippen LogP contribution in [0.1, 0.15) is 16.4 Å². The van der Waals surface area contributed by atoms with Gasteiger partial charge in [-0.1, -0.05) is 133 Å². The molecular weight excluding hydrogens is 611 g/mol. The molecule has 0 aliphatic heterocycles. The van der Waals surface area contributed by atoms with Crippen molar-refractivity contribution in [2.24, 2.45) is 0 Å². The highest BCUT2D eigenvalue weighted by atomic mass is 16.3. The molecule has 0 spiro atoms. The van der Waals surface area contributed by atoms with Crippen molar-refractivity contribution in [3.8, 4) is 50.7 Å². The summed E-state index contributed by atoms with van der Waals surface area (Å²) in [5.41, 5.74) is 3.52. The predicted molar refractivity (Wildman–Crippen MR) is 205 cm³/mol. The molecule has 0 saturated carbocycles. The van der Waals surface area contributed by atoms with Crippen molar-refractivity contribution in [3.05, 3.63) is 176 Å². The Balaban J connectivity index is 1.36. The van der Waals surface area contributed by atoms with Gasteiger partial charge >= 0.3 is 0 Å². The summed E-state index contributed by atoms with van der Waals surface area (Å²) in [5.74, 6) is 0.166. The van der Waals surface area contributed by atoms with E-state index in [-0.39, 0.29) is 38.9 Å². The van der Waals surface area contributed by atoms with Gasteiger partial charge in [0.2, 0.25) is 0 Å². The van der Waals surface area contributed by atoms with E-state index in [1.807, 2.05) is 91.0 Å². The van der Waals surface area contributed by atoms with E-state index in [9.17, 15) is 4.11 Å². The number of rotatable bonds is 5. The second kappa shape index (κ2) is 11.4. The van der Waals surface area contributed by atoms with Gasteiger partial charge in [0.25, 0.3) is 0 Å². The summed E-state index contributed by atoms with van der Waals surface area (Å²) in [4.78, 5) is 10.1. The van der Waals surface area contributed by atoms with Crippen LogP contribution in [0.3, 0.4) is 0 Å². The molecule has 4 nitrogen and oxygen atoms in total. The molecular formula is C46H29N3O. The summed E-state index contributed by atoms with van der Waals surface area (Å²) >= 11 is 0. The minimum atomic E-state index is -0.713. The first-order chi connectivity index (χ1) is 29.8. The Bertz CT molecular complexity index is 3520.